The highest BCUT2D eigenvalue weighted by molar-refractivity contribution is 5.82. The molecule has 0 aliphatic heterocycles. The van der Waals surface area contributed by atoms with Gasteiger partial charge in [-0.2, -0.15) is 5.10 Å². The van der Waals surface area contributed by atoms with Crippen LogP contribution in [0.5, 0.6) is 5.75 Å². The Bertz CT molecular complexity index is 656. The van der Waals surface area contributed by atoms with Crippen LogP contribution in [0.3, 0.4) is 0 Å². The Balaban J connectivity index is 1.86. The van der Waals surface area contributed by atoms with Crippen LogP contribution in [-0.4, -0.2) is 23.7 Å². The first-order chi connectivity index (χ1) is 11.2. The molecule has 120 valence electrons. The molecule has 1 atom stereocenters. The number of rotatable bonds is 7. The first kappa shape index (κ1) is 16.7. The normalized spacial score (nSPS) is 12.1. The minimum absolute atomic E-state index is 0.0683. The number of benzene rings is 1. The molecule has 0 radical (unpaired) electrons. The molecule has 1 heterocycles. The van der Waals surface area contributed by atoms with E-state index in [9.17, 15) is 4.79 Å². The minimum Gasteiger partial charge on any atom is -0.483 e. The fraction of sp³-hybridized carbons (Fsp3) is 0.278. The van der Waals surface area contributed by atoms with E-state index in [4.69, 9.17) is 4.74 Å². The zero-order chi connectivity index (χ0) is 16.5. The van der Waals surface area contributed by atoms with Gasteiger partial charge in [-0.1, -0.05) is 32.0 Å². The number of carbonyl (C=O) groups excluding carboxylic acids is 1. The van der Waals surface area contributed by atoms with Gasteiger partial charge in [0, 0.05) is 12.4 Å². The lowest BCUT2D eigenvalue weighted by Crippen LogP contribution is -2.24. The van der Waals surface area contributed by atoms with Crippen molar-refractivity contribution < 1.29 is 9.53 Å². The highest BCUT2D eigenvalue weighted by atomic mass is 16.5. The summed E-state index contributed by atoms with van der Waals surface area (Å²) < 4.78 is 5.63. The van der Waals surface area contributed by atoms with E-state index in [0.29, 0.717) is 5.92 Å². The molecule has 0 saturated carbocycles. The molecule has 1 amide bonds. The number of para-hydroxylation sites is 1. The fourth-order valence-electron chi connectivity index (χ4n) is 2.04. The van der Waals surface area contributed by atoms with E-state index in [1.807, 2.05) is 24.3 Å². The van der Waals surface area contributed by atoms with Gasteiger partial charge >= 0.3 is 0 Å². The van der Waals surface area contributed by atoms with E-state index in [0.717, 1.165) is 23.3 Å². The zero-order valence-electron chi connectivity index (χ0n) is 13.4. The number of aromatic nitrogens is 1. The summed E-state index contributed by atoms with van der Waals surface area (Å²) in [5.74, 6) is 0.836. The van der Waals surface area contributed by atoms with Gasteiger partial charge in [-0.05, 0) is 41.7 Å². The molecule has 2 aromatic rings. The maximum Gasteiger partial charge on any atom is 0.277 e. The second-order valence-electron chi connectivity index (χ2n) is 5.21. The molecule has 0 saturated heterocycles. The van der Waals surface area contributed by atoms with Gasteiger partial charge in [0.1, 0.15) is 5.75 Å². The Morgan fingerprint density at radius 3 is 2.78 bits per heavy atom. The molecule has 1 aromatic heterocycles. The summed E-state index contributed by atoms with van der Waals surface area (Å²) in [5, 5.41) is 3.90. The second kappa shape index (κ2) is 8.68. The molecule has 0 aliphatic carbocycles. The molecule has 1 N–H and O–H groups in total. The lowest BCUT2D eigenvalue weighted by Gasteiger charge is -2.15. The number of hydrazone groups is 1. The number of hydrogen-bond donors (Lipinski definition) is 1. The molecule has 5 heteroatoms. The molecule has 0 spiro atoms. The quantitative estimate of drug-likeness (QED) is 0.631. The van der Waals surface area contributed by atoms with Crippen molar-refractivity contribution in [1.82, 2.24) is 10.4 Å². The van der Waals surface area contributed by atoms with Crippen molar-refractivity contribution in [3.05, 3.63) is 59.9 Å². The maximum absolute atomic E-state index is 11.8. The average Bonchev–Trinajstić information content (AvgIpc) is 2.60. The number of hydrogen-bond acceptors (Lipinski definition) is 4. The lowest BCUT2D eigenvalue weighted by molar-refractivity contribution is -0.123. The molecule has 0 bridgehead atoms. The SMILES string of the molecule is CCC(C)c1ccccc1OCC(=O)N/N=C/c1ccncc1. The van der Waals surface area contributed by atoms with Crippen LogP contribution in [0.15, 0.2) is 53.9 Å². The third-order valence-corrected chi connectivity index (χ3v) is 3.53. The van der Waals surface area contributed by atoms with Crippen LogP contribution < -0.4 is 10.2 Å². The maximum atomic E-state index is 11.8. The number of amides is 1. The summed E-state index contributed by atoms with van der Waals surface area (Å²) in [6, 6.07) is 11.4. The van der Waals surface area contributed by atoms with Gasteiger partial charge in [0.05, 0.1) is 6.21 Å². The summed E-state index contributed by atoms with van der Waals surface area (Å²) in [6.45, 7) is 4.20. The van der Waals surface area contributed by atoms with Crippen LogP contribution in [0.4, 0.5) is 0 Å². The number of nitrogens with one attached hydrogen (secondary N) is 1. The second-order valence-corrected chi connectivity index (χ2v) is 5.21. The van der Waals surface area contributed by atoms with Crippen molar-refractivity contribution in [3.8, 4) is 5.75 Å². The summed E-state index contributed by atoms with van der Waals surface area (Å²) in [6.07, 6.45) is 5.91. The Morgan fingerprint density at radius 2 is 2.04 bits per heavy atom. The summed E-state index contributed by atoms with van der Waals surface area (Å²) >= 11 is 0. The van der Waals surface area contributed by atoms with Crippen molar-refractivity contribution in [2.75, 3.05) is 6.61 Å². The van der Waals surface area contributed by atoms with Crippen molar-refractivity contribution in [1.29, 1.82) is 0 Å². The Hall–Kier alpha value is -2.69. The molecule has 0 fully saturated rings. The van der Waals surface area contributed by atoms with Crippen molar-refractivity contribution in [2.45, 2.75) is 26.2 Å². The molecular formula is C18H21N3O2. The first-order valence-corrected chi connectivity index (χ1v) is 7.64. The van der Waals surface area contributed by atoms with Crippen LogP contribution in [0.2, 0.25) is 0 Å². The highest BCUT2D eigenvalue weighted by Gasteiger charge is 2.10. The van der Waals surface area contributed by atoms with Crippen LogP contribution in [0.1, 0.15) is 37.3 Å². The molecule has 2 rings (SSSR count). The van der Waals surface area contributed by atoms with E-state index >= 15 is 0 Å². The molecule has 1 unspecified atom stereocenters. The minimum atomic E-state index is -0.297. The van der Waals surface area contributed by atoms with Crippen LogP contribution in [0, 0.1) is 0 Å². The standard InChI is InChI=1S/C18H21N3O2/c1-3-14(2)16-6-4-5-7-17(16)23-13-18(22)21-20-12-15-8-10-19-11-9-15/h4-12,14H,3,13H2,1-2H3,(H,21,22)/b20-12+. The van der Waals surface area contributed by atoms with Gasteiger partial charge in [0.15, 0.2) is 6.61 Å². The topological polar surface area (TPSA) is 63.6 Å². The van der Waals surface area contributed by atoms with E-state index < -0.39 is 0 Å². The van der Waals surface area contributed by atoms with E-state index in [1.54, 1.807) is 30.7 Å². The molecule has 0 aliphatic rings. The smallest absolute Gasteiger partial charge is 0.277 e. The van der Waals surface area contributed by atoms with Gasteiger partial charge in [0.2, 0.25) is 0 Å². The molecule has 23 heavy (non-hydrogen) atoms. The van der Waals surface area contributed by atoms with Crippen molar-refractivity contribution in [3.63, 3.8) is 0 Å². The Kier molecular flexibility index (Phi) is 6.29. The van der Waals surface area contributed by atoms with Gasteiger partial charge in [-0.25, -0.2) is 5.43 Å². The number of ether oxygens (including phenoxy) is 1. The summed E-state index contributed by atoms with van der Waals surface area (Å²) in [4.78, 5) is 15.7. The third-order valence-electron chi connectivity index (χ3n) is 3.53. The Labute approximate surface area is 136 Å². The van der Waals surface area contributed by atoms with E-state index in [1.165, 1.54) is 0 Å². The average molecular weight is 311 g/mol. The van der Waals surface area contributed by atoms with E-state index in [2.05, 4.69) is 29.4 Å². The number of carbonyl (C=O) groups is 1. The predicted octanol–water partition coefficient (Wildman–Crippen LogP) is 3.12. The number of nitrogens with zero attached hydrogens (tertiary/aromatic N) is 2. The monoisotopic (exact) mass is 311 g/mol. The van der Waals surface area contributed by atoms with Crippen LogP contribution >= 0.6 is 0 Å². The van der Waals surface area contributed by atoms with Crippen LogP contribution in [-0.2, 0) is 4.79 Å². The van der Waals surface area contributed by atoms with Crippen molar-refractivity contribution in [2.24, 2.45) is 5.10 Å². The zero-order valence-corrected chi connectivity index (χ0v) is 13.4. The first-order valence-electron chi connectivity index (χ1n) is 7.64. The predicted molar refractivity (Wildman–Crippen MR) is 90.6 cm³/mol. The van der Waals surface area contributed by atoms with Gasteiger partial charge < -0.3 is 4.74 Å². The molecule has 5 nitrogen and oxygen atoms in total. The highest BCUT2D eigenvalue weighted by Crippen LogP contribution is 2.28. The third kappa shape index (κ3) is 5.21. The Morgan fingerprint density at radius 1 is 1.30 bits per heavy atom. The van der Waals surface area contributed by atoms with Crippen molar-refractivity contribution >= 4 is 12.1 Å². The largest absolute Gasteiger partial charge is 0.483 e. The molecule has 1 aromatic carbocycles. The van der Waals surface area contributed by atoms with E-state index in [-0.39, 0.29) is 12.5 Å². The van der Waals surface area contributed by atoms with Gasteiger partial charge in [0.25, 0.3) is 5.91 Å². The fourth-order valence-corrected chi connectivity index (χ4v) is 2.04. The lowest BCUT2D eigenvalue weighted by atomic mass is 9.98. The van der Waals surface area contributed by atoms with Gasteiger partial charge in [-0.3, -0.25) is 9.78 Å². The molecular weight excluding hydrogens is 290 g/mol. The summed E-state index contributed by atoms with van der Waals surface area (Å²) in [7, 11) is 0. The summed E-state index contributed by atoms with van der Waals surface area (Å²) in [5.41, 5.74) is 4.43. The van der Waals surface area contributed by atoms with Crippen LogP contribution in [0.25, 0.3) is 0 Å². The van der Waals surface area contributed by atoms with Gasteiger partial charge in [-0.15, -0.1) is 0 Å². The number of pyridine rings is 1.